The molecule has 2 aliphatic heterocycles. The fraction of sp³-hybridized carbons (Fsp3) is 0.667. The van der Waals surface area contributed by atoms with Crippen LogP contribution < -0.4 is 4.74 Å². The second-order valence-corrected chi connectivity index (χ2v) is 10.3. The Morgan fingerprint density at radius 3 is 2.67 bits per heavy atom. The Balaban J connectivity index is 1.56. The van der Waals surface area contributed by atoms with Gasteiger partial charge in [-0.05, 0) is 52.8 Å². The van der Waals surface area contributed by atoms with Gasteiger partial charge in [-0.2, -0.15) is 0 Å². The quantitative estimate of drug-likeness (QED) is 0.404. The Bertz CT molecular complexity index is 841. The summed E-state index contributed by atoms with van der Waals surface area (Å²) < 4.78 is 21.5. The molecule has 0 aromatic heterocycles. The summed E-state index contributed by atoms with van der Waals surface area (Å²) in [5.74, 6) is 1.38. The van der Waals surface area contributed by atoms with Crippen molar-refractivity contribution in [1.82, 2.24) is 4.90 Å². The predicted molar refractivity (Wildman–Crippen MR) is 129 cm³/mol. The Hall–Kier alpha value is -1.81. The lowest BCUT2D eigenvalue weighted by atomic mass is 10.1. The average Bonchev–Trinajstić information content (AvgIpc) is 3.36. The van der Waals surface area contributed by atoms with E-state index in [0.29, 0.717) is 37.7 Å². The van der Waals surface area contributed by atoms with Crippen molar-refractivity contribution < 1.29 is 28.8 Å². The summed E-state index contributed by atoms with van der Waals surface area (Å²) in [6.45, 7) is 7.59. The van der Waals surface area contributed by atoms with Gasteiger partial charge in [0.05, 0.1) is 25.9 Å². The van der Waals surface area contributed by atoms with Crippen LogP contribution in [0, 0.1) is 0 Å². The van der Waals surface area contributed by atoms with Gasteiger partial charge in [0.1, 0.15) is 34.8 Å². The molecule has 184 valence electrons. The van der Waals surface area contributed by atoms with E-state index in [2.05, 4.69) is 4.90 Å². The summed E-state index contributed by atoms with van der Waals surface area (Å²) in [4.78, 5) is 19.6. The van der Waals surface area contributed by atoms with Gasteiger partial charge in [0.25, 0.3) is 0 Å². The number of rotatable bonds is 10. The van der Waals surface area contributed by atoms with Crippen LogP contribution in [0.25, 0.3) is 0 Å². The van der Waals surface area contributed by atoms with E-state index in [1.807, 2.05) is 40.0 Å². The first-order valence-corrected chi connectivity index (χ1v) is 12.4. The minimum atomic E-state index is -0.491. The Labute approximate surface area is 200 Å². The third-order valence-corrected chi connectivity index (χ3v) is 6.78. The number of aromatic hydroxyl groups is 1. The molecule has 1 saturated heterocycles. The minimum Gasteiger partial charge on any atom is -0.507 e. The molecule has 0 spiro atoms. The summed E-state index contributed by atoms with van der Waals surface area (Å²) in [5, 5.41) is 11.4. The number of likely N-dealkylation sites (N-methyl/N-ethyl adjacent to an activating group) is 1. The van der Waals surface area contributed by atoms with Crippen LogP contribution in [0.1, 0.15) is 39.2 Å². The van der Waals surface area contributed by atoms with Crippen molar-refractivity contribution >= 4 is 22.8 Å². The Morgan fingerprint density at radius 1 is 1.21 bits per heavy atom. The molecule has 0 unspecified atom stereocenters. The molecular weight excluding hydrogens is 444 g/mol. The van der Waals surface area contributed by atoms with E-state index in [9.17, 15) is 9.90 Å². The molecule has 9 heteroatoms. The highest BCUT2D eigenvalue weighted by atomic mass is 32.2. The first kappa shape index (κ1) is 25.8. The SMILES string of the molecule is COCCOCCOc1ccc(C2=N[C@H]([C@@H]3CC[C@H](C(=O)OC(C)(C)C)N3C)CS2)c(O)c1. The van der Waals surface area contributed by atoms with Crippen molar-refractivity contribution in [2.45, 2.75) is 57.3 Å². The van der Waals surface area contributed by atoms with Gasteiger partial charge in [0.15, 0.2) is 0 Å². The molecule has 0 amide bonds. The summed E-state index contributed by atoms with van der Waals surface area (Å²) >= 11 is 1.64. The van der Waals surface area contributed by atoms with Crippen molar-refractivity contribution in [3.63, 3.8) is 0 Å². The topological polar surface area (TPSA) is 89.8 Å². The summed E-state index contributed by atoms with van der Waals surface area (Å²) in [7, 11) is 3.61. The molecule has 0 aliphatic carbocycles. The zero-order chi connectivity index (χ0) is 24.0. The maximum atomic E-state index is 12.6. The van der Waals surface area contributed by atoms with E-state index in [4.69, 9.17) is 23.9 Å². The number of hydrogen-bond acceptors (Lipinski definition) is 9. The lowest BCUT2D eigenvalue weighted by Crippen LogP contribution is -2.44. The van der Waals surface area contributed by atoms with Gasteiger partial charge in [-0.15, -0.1) is 11.8 Å². The number of thioether (sulfide) groups is 1. The fourth-order valence-corrected chi connectivity index (χ4v) is 5.23. The maximum Gasteiger partial charge on any atom is 0.323 e. The van der Waals surface area contributed by atoms with Crippen LogP contribution in [0.2, 0.25) is 0 Å². The van der Waals surface area contributed by atoms with Gasteiger partial charge < -0.3 is 24.1 Å². The maximum absolute atomic E-state index is 12.6. The highest BCUT2D eigenvalue weighted by Crippen LogP contribution is 2.36. The highest BCUT2D eigenvalue weighted by Gasteiger charge is 2.42. The zero-order valence-corrected chi connectivity index (χ0v) is 21.0. The normalized spacial score (nSPS) is 23.5. The summed E-state index contributed by atoms with van der Waals surface area (Å²) in [6, 6.07) is 5.30. The van der Waals surface area contributed by atoms with Gasteiger partial charge in [-0.1, -0.05) is 0 Å². The van der Waals surface area contributed by atoms with Gasteiger partial charge >= 0.3 is 5.97 Å². The van der Waals surface area contributed by atoms with E-state index < -0.39 is 5.60 Å². The van der Waals surface area contributed by atoms with Gasteiger partial charge in [-0.3, -0.25) is 14.7 Å². The number of methoxy groups -OCH3 is 1. The molecule has 0 saturated carbocycles. The van der Waals surface area contributed by atoms with Crippen LogP contribution in [0.3, 0.4) is 0 Å². The molecule has 1 aromatic carbocycles. The predicted octanol–water partition coefficient (Wildman–Crippen LogP) is 3.10. The van der Waals surface area contributed by atoms with Crippen LogP contribution >= 0.6 is 11.8 Å². The van der Waals surface area contributed by atoms with Crippen LogP contribution in [-0.2, 0) is 19.0 Å². The lowest BCUT2D eigenvalue weighted by molar-refractivity contribution is -0.160. The van der Waals surface area contributed by atoms with E-state index in [1.54, 1.807) is 24.9 Å². The largest absolute Gasteiger partial charge is 0.507 e. The van der Waals surface area contributed by atoms with Crippen molar-refractivity contribution in [2.75, 3.05) is 46.3 Å². The Kier molecular flexibility index (Phi) is 9.03. The number of phenolic OH excluding ortho intramolecular Hbond substituents is 1. The highest BCUT2D eigenvalue weighted by molar-refractivity contribution is 8.14. The number of carbonyl (C=O) groups excluding carboxylic acids is 1. The molecule has 3 rings (SSSR count). The van der Waals surface area contributed by atoms with Crippen LogP contribution in [0.15, 0.2) is 23.2 Å². The molecule has 1 fully saturated rings. The van der Waals surface area contributed by atoms with Crippen LogP contribution in [0.4, 0.5) is 0 Å². The fourth-order valence-electron chi connectivity index (χ4n) is 4.06. The number of hydrogen-bond donors (Lipinski definition) is 1. The molecule has 0 bridgehead atoms. The zero-order valence-electron chi connectivity index (χ0n) is 20.2. The lowest BCUT2D eigenvalue weighted by Gasteiger charge is -2.29. The van der Waals surface area contributed by atoms with Crippen molar-refractivity contribution in [1.29, 1.82) is 0 Å². The monoisotopic (exact) mass is 480 g/mol. The van der Waals surface area contributed by atoms with Crippen LogP contribution in [0.5, 0.6) is 11.5 Å². The van der Waals surface area contributed by atoms with E-state index >= 15 is 0 Å². The average molecular weight is 481 g/mol. The number of benzene rings is 1. The van der Waals surface area contributed by atoms with Crippen molar-refractivity contribution in [3.05, 3.63) is 23.8 Å². The molecule has 0 radical (unpaired) electrons. The van der Waals surface area contributed by atoms with E-state index in [0.717, 1.165) is 23.6 Å². The first-order valence-electron chi connectivity index (χ1n) is 11.4. The van der Waals surface area contributed by atoms with Crippen molar-refractivity contribution in [2.24, 2.45) is 4.99 Å². The van der Waals surface area contributed by atoms with E-state index in [1.165, 1.54) is 0 Å². The smallest absolute Gasteiger partial charge is 0.323 e. The number of carbonyl (C=O) groups is 1. The van der Waals surface area contributed by atoms with Gasteiger partial charge in [0.2, 0.25) is 0 Å². The second-order valence-electron chi connectivity index (χ2n) is 9.30. The number of nitrogens with zero attached hydrogens (tertiary/aromatic N) is 2. The number of ether oxygens (including phenoxy) is 4. The molecular formula is C24H36N2O6S. The molecule has 3 atom stereocenters. The summed E-state index contributed by atoms with van der Waals surface area (Å²) in [6.07, 6.45) is 1.67. The first-order chi connectivity index (χ1) is 15.7. The second kappa shape index (κ2) is 11.6. The number of likely N-dealkylation sites (tertiary alicyclic amines) is 1. The molecule has 33 heavy (non-hydrogen) atoms. The number of esters is 1. The van der Waals surface area contributed by atoms with Gasteiger partial charge in [0, 0.05) is 30.5 Å². The van der Waals surface area contributed by atoms with Gasteiger partial charge in [-0.25, -0.2) is 0 Å². The molecule has 1 N–H and O–H groups in total. The molecule has 2 aliphatic rings. The molecule has 1 aromatic rings. The van der Waals surface area contributed by atoms with Crippen molar-refractivity contribution in [3.8, 4) is 11.5 Å². The minimum absolute atomic E-state index is 0.0713. The number of phenols is 1. The molecule has 2 heterocycles. The standard InChI is InChI=1S/C24H36N2O6S/c1-24(2,3)32-23(28)20-9-8-19(26(20)4)18-15-33-22(25-18)17-7-6-16(14-21(17)27)31-13-12-30-11-10-29-5/h6-7,14,18-20,27H,8-13,15H2,1-5H3/t18-,19-,20+/m0/s1. The number of aliphatic imine (C=N–C) groups is 1. The third kappa shape index (κ3) is 7.09. The molecule has 8 nitrogen and oxygen atoms in total. The van der Waals surface area contributed by atoms with E-state index in [-0.39, 0.29) is 29.8 Å². The third-order valence-electron chi connectivity index (χ3n) is 5.68. The Morgan fingerprint density at radius 2 is 1.97 bits per heavy atom. The van der Waals surface area contributed by atoms with Crippen LogP contribution in [-0.4, -0.2) is 91.1 Å². The summed E-state index contributed by atoms with van der Waals surface area (Å²) in [5.41, 5.74) is 0.213.